The van der Waals surface area contributed by atoms with E-state index < -0.39 is 22.0 Å². The molecule has 26 heavy (non-hydrogen) atoms. The molecule has 2 aromatic carbocycles. The zero-order chi connectivity index (χ0) is 19.2. The Morgan fingerprint density at radius 1 is 0.923 bits per heavy atom. The zero-order valence-corrected chi connectivity index (χ0v) is 15.2. The first kappa shape index (κ1) is 19.5. The first-order valence-corrected chi connectivity index (χ1v) is 9.45. The van der Waals surface area contributed by atoms with E-state index in [2.05, 4.69) is 9.46 Å². The number of ether oxygens (including phenoxy) is 2. The van der Waals surface area contributed by atoms with Gasteiger partial charge in [0.15, 0.2) is 0 Å². The number of rotatable bonds is 7. The van der Waals surface area contributed by atoms with Gasteiger partial charge >= 0.3 is 11.9 Å². The number of hydrogen-bond donors (Lipinski definition) is 1. The average molecular weight is 377 g/mol. The van der Waals surface area contributed by atoms with E-state index in [9.17, 15) is 18.0 Å². The lowest BCUT2D eigenvalue weighted by molar-refractivity contribution is 0.0525. The van der Waals surface area contributed by atoms with Gasteiger partial charge in [0.1, 0.15) is 0 Å². The van der Waals surface area contributed by atoms with Crippen LogP contribution < -0.4 is 4.72 Å². The Labute approximate surface area is 152 Å². The molecule has 2 rings (SSSR count). The molecule has 0 spiro atoms. The van der Waals surface area contributed by atoms with Gasteiger partial charge in [0.25, 0.3) is 0 Å². The molecule has 0 heterocycles. The summed E-state index contributed by atoms with van der Waals surface area (Å²) in [4.78, 5) is 23.0. The number of carbonyl (C=O) groups excluding carboxylic acids is 2. The van der Waals surface area contributed by atoms with E-state index in [1.165, 1.54) is 43.5 Å². The van der Waals surface area contributed by atoms with Crippen LogP contribution >= 0.6 is 0 Å². The van der Waals surface area contributed by atoms with E-state index in [1.807, 2.05) is 0 Å². The number of methoxy groups -OCH3 is 1. The highest BCUT2D eigenvalue weighted by Gasteiger charge is 2.14. The summed E-state index contributed by atoms with van der Waals surface area (Å²) in [5.74, 6) is -1.21. The predicted molar refractivity (Wildman–Crippen MR) is 96.4 cm³/mol. The maximum absolute atomic E-state index is 12.3. The summed E-state index contributed by atoms with van der Waals surface area (Å²) in [6.07, 6.45) is 0. The number of benzene rings is 2. The highest BCUT2D eigenvalue weighted by Crippen LogP contribution is 2.15. The molecule has 0 amide bonds. The third-order valence-corrected chi connectivity index (χ3v) is 4.66. The normalized spacial score (nSPS) is 10.8. The maximum atomic E-state index is 12.3. The van der Waals surface area contributed by atoms with Crippen LogP contribution in [0.2, 0.25) is 0 Å². The lowest BCUT2D eigenvalue weighted by atomic mass is 10.1. The molecule has 0 bridgehead atoms. The fraction of sp³-hybridized carbons (Fsp3) is 0.222. The molecule has 0 aliphatic heterocycles. The monoisotopic (exact) mass is 377 g/mol. The van der Waals surface area contributed by atoms with E-state index in [0.29, 0.717) is 22.4 Å². The molecule has 0 aliphatic rings. The van der Waals surface area contributed by atoms with Crippen molar-refractivity contribution in [1.29, 1.82) is 0 Å². The van der Waals surface area contributed by atoms with Gasteiger partial charge in [-0.25, -0.2) is 18.0 Å². The van der Waals surface area contributed by atoms with Crippen LogP contribution in [0.5, 0.6) is 0 Å². The SMILES string of the molecule is CCOC(=O)c1ccc(NS(=O)(=O)Cc2ccc(C(=O)OC)cc2)cc1. The number of hydrogen-bond acceptors (Lipinski definition) is 6. The first-order valence-electron chi connectivity index (χ1n) is 7.79. The summed E-state index contributed by atoms with van der Waals surface area (Å²) in [6.45, 7) is 1.97. The van der Waals surface area contributed by atoms with Crippen LogP contribution in [0.15, 0.2) is 48.5 Å². The maximum Gasteiger partial charge on any atom is 0.338 e. The minimum absolute atomic E-state index is 0.256. The topological polar surface area (TPSA) is 98.8 Å². The summed E-state index contributed by atoms with van der Waals surface area (Å²) in [6, 6.07) is 12.1. The third-order valence-electron chi connectivity index (χ3n) is 3.40. The van der Waals surface area contributed by atoms with Gasteiger partial charge in [0.2, 0.25) is 10.0 Å². The Morgan fingerprint density at radius 2 is 1.46 bits per heavy atom. The van der Waals surface area contributed by atoms with Crippen molar-refractivity contribution >= 4 is 27.6 Å². The van der Waals surface area contributed by atoms with Gasteiger partial charge in [-0.2, -0.15) is 0 Å². The Morgan fingerprint density at radius 3 is 2.00 bits per heavy atom. The fourth-order valence-electron chi connectivity index (χ4n) is 2.18. The first-order chi connectivity index (χ1) is 12.3. The number of carbonyl (C=O) groups is 2. The van der Waals surface area contributed by atoms with Crippen LogP contribution in [0.25, 0.3) is 0 Å². The van der Waals surface area contributed by atoms with Gasteiger partial charge in [-0.3, -0.25) is 4.72 Å². The molecule has 7 nitrogen and oxygen atoms in total. The van der Waals surface area contributed by atoms with Crippen LogP contribution in [0.4, 0.5) is 5.69 Å². The van der Waals surface area contributed by atoms with Crippen molar-refractivity contribution in [2.75, 3.05) is 18.4 Å². The molecule has 0 radical (unpaired) electrons. The minimum atomic E-state index is -3.65. The number of esters is 2. The number of nitrogens with one attached hydrogen (secondary N) is 1. The van der Waals surface area contributed by atoms with Gasteiger partial charge in [-0.05, 0) is 48.9 Å². The minimum Gasteiger partial charge on any atom is -0.465 e. The Bertz CT molecular complexity index is 873. The summed E-state index contributed by atoms with van der Waals surface area (Å²) < 4.78 is 36.5. The second-order valence-corrected chi connectivity index (χ2v) is 7.07. The molecule has 138 valence electrons. The summed E-state index contributed by atoms with van der Waals surface area (Å²) >= 11 is 0. The molecule has 1 N–H and O–H groups in total. The van der Waals surface area contributed by atoms with Crippen LogP contribution in [0.1, 0.15) is 33.2 Å². The van der Waals surface area contributed by atoms with E-state index in [-0.39, 0.29) is 12.4 Å². The van der Waals surface area contributed by atoms with Gasteiger partial charge in [0, 0.05) is 5.69 Å². The lowest BCUT2D eigenvalue weighted by Gasteiger charge is -2.09. The highest BCUT2D eigenvalue weighted by molar-refractivity contribution is 7.91. The van der Waals surface area contributed by atoms with E-state index in [0.717, 1.165) is 0 Å². The second-order valence-electron chi connectivity index (χ2n) is 5.35. The number of anilines is 1. The van der Waals surface area contributed by atoms with Crippen molar-refractivity contribution in [3.05, 3.63) is 65.2 Å². The lowest BCUT2D eigenvalue weighted by Crippen LogP contribution is -2.15. The average Bonchev–Trinajstić information content (AvgIpc) is 2.61. The van der Waals surface area contributed by atoms with Crippen molar-refractivity contribution in [1.82, 2.24) is 0 Å². The van der Waals surface area contributed by atoms with Gasteiger partial charge < -0.3 is 9.47 Å². The van der Waals surface area contributed by atoms with Crippen LogP contribution in [0.3, 0.4) is 0 Å². The Kier molecular flexibility index (Phi) is 6.35. The third kappa shape index (κ3) is 5.32. The predicted octanol–water partition coefficient (Wildman–Crippen LogP) is 2.59. The molecule has 0 fully saturated rings. The standard InChI is InChI=1S/C18H19NO6S/c1-3-25-18(21)15-8-10-16(11-9-15)19-26(22,23)12-13-4-6-14(7-5-13)17(20)24-2/h4-11,19H,3,12H2,1-2H3. The molecule has 8 heteroatoms. The van der Waals surface area contributed by atoms with Gasteiger partial charge in [-0.15, -0.1) is 0 Å². The van der Waals surface area contributed by atoms with Gasteiger partial charge in [0.05, 0.1) is 30.6 Å². The van der Waals surface area contributed by atoms with E-state index >= 15 is 0 Å². The molecule has 2 aromatic rings. The Hall–Kier alpha value is -2.87. The summed E-state index contributed by atoms with van der Waals surface area (Å²) in [7, 11) is -2.38. The van der Waals surface area contributed by atoms with Crippen molar-refractivity contribution in [3.8, 4) is 0 Å². The van der Waals surface area contributed by atoms with Crippen molar-refractivity contribution in [2.45, 2.75) is 12.7 Å². The molecular formula is C18H19NO6S. The van der Waals surface area contributed by atoms with E-state index in [4.69, 9.17) is 4.74 Å². The molecule has 0 unspecified atom stereocenters. The van der Waals surface area contributed by atoms with Crippen molar-refractivity contribution in [3.63, 3.8) is 0 Å². The summed E-state index contributed by atoms with van der Waals surface area (Å²) in [5, 5.41) is 0. The fourth-order valence-corrected chi connectivity index (χ4v) is 3.38. The quantitative estimate of drug-likeness (QED) is 0.745. The highest BCUT2D eigenvalue weighted by atomic mass is 32.2. The van der Waals surface area contributed by atoms with Crippen molar-refractivity contribution < 1.29 is 27.5 Å². The van der Waals surface area contributed by atoms with Crippen LogP contribution in [-0.2, 0) is 25.2 Å². The van der Waals surface area contributed by atoms with Gasteiger partial charge in [-0.1, -0.05) is 12.1 Å². The second kappa shape index (κ2) is 8.48. The molecule has 0 saturated carbocycles. The molecular weight excluding hydrogens is 358 g/mol. The molecule has 0 aliphatic carbocycles. The smallest absolute Gasteiger partial charge is 0.338 e. The number of sulfonamides is 1. The largest absolute Gasteiger partial charge is 0.465 e. The molecule has 0 aromatic heterocycles. The van der Waals surface area contributed by atoms with Crippen LogP contribution in [0, 0.1) is 0 Å². The molecule has 0 saturated heterocycles. The molecule has 0 atom stereocenters. The Balaban J connectivity index is 2.04. The van der Waals surface area contributed by atoms with Crippen LogP contribution in [-0.4, -0.2) is 34.1 Å². The van der Waals surface area contributed by atoms with E-state index in [1.54, 1.807) is 19.1 Å². The zero-order valence-electron chi connectivity index (χ0n) is 14.4. The van der Waals surface area contributed by atoms with Crippen molar-refractivity contribution in [2.24, 2.45) is 0 Å². The summed E-state index contributed by atoms with van der Waals surface area (Å²) in [5.41, 5.74) is 1.54.